The van der Waals surface area contributed by atoms with Crippen LogP contribution in [0.15, 0.2) is 12.7 Å². The largest absolute Gasteiger partial charge is 0.175 e. The molecule has 0 aliphatic heterocycles. The molecule has 0 N–H and O–H groups in total. The summed E-state index contributed by atoms with van der Waals surface area (Å²) < 4.78 is 6.57. The van der Waals surface area contributed by atoms with Crippen LogP contribution in [-0.2, 0) is 0 Å². The Kier molecular flexibility index (Phi) is 1.80. The van der Waals surface area contributed by atoms with Crippen molar-refractivity contribution in [3.05, 3.63) is 12.7 Å². The molecule has 0 aliphatic carbocycles. The molecule has 0 spiro atoms. The van der Waals surface area contributed by atoms with Gasteiger partial charge in [0.2, 0.25) is 0 Å². The molecule has 0 aliphatic rings. The Morgan fingerprint density at radius 3 is 2.75 bits per heavy atom. The van der Waals surface area contributed by atoms with Crippen molar-refractivity contribution in [1.82, 2.24) is 0 Å². The van der Waals surface area contributed by atoms with Crippen LogP contribution in [0.4, 0.5) is 0 Å². The topological polar surface area (TPSA) is 0 Å². The van der Waals surface area contributed by atoms with E-state index in [1.54, 1.807) is 0 Å². The lowest BCUT2D eigenvalue weighted by molar-refractivity contribution is 1.85. The fourth-order valence-electron chi connectivity index (χ4n) is 0. The average Bonchev–Trinajstić information content (AvgIpc) is 1.38. The van der Waals surface area contributed by atoms with Gasteiger partial charge in [0, 0.05) is 7.10 Å². The summed E-state index contributed by atoms with van der Waals surface area (Å²) in [6.45, 7) is 3.30. The molecule has 4 heavy (non-hydrogen) atoms. The molecule has 0 radical (unpaired) electrons. The van der Waals surface area contributed by atoms with Crippen LogP contribution in [0.2, 0.25) is 0 Å². The minimum atomic E-state index is -0.407. The minimum absolute atomic E-state index is 0.407. The molecule has 24 valence electrons. The van der Waals surface area contributed by atoms with Crippen LogP contribution in [0.5, 0.6) is 0 Å². The van der Waals surface area contributed by atoms with E-state index in [1.807, 2.05) is 0 Å². The molecule has 1 heteroatoms. The van der Waals surface area contributed by atoms with Crippen LogP contribution in [0.25, 0.3) is 0 Å². The quantitative estimate of drug-likeness (QED) is 0.350. The van der Waals surface area contributed by atoms with E-state index in [9.17, 15) is 0 Å². The summed E-state index contributed by atoms with van der Waals surface area (Å²) in [5.41, 5.74) is -0.407. The average molecular weight is 75.2 g/mol. The maximum Gasteiger partial charge on any atom is 0.0421 e. The van der Waals surface area contributed by atoms with Crippen molar-refractivity contribution >= 4 is 12.6 Å². The number of hydrogen-bond acceptors (Lipinski definition) is 1. The second-order valence-corrected chi connectivity index (χ2v) is 0.683. The Labute approximate surface area is 33.3 Å². The standard InChI is InChI=1S/C3H6S/c1-2-3-4/h2,4H,1,3H2/i3D. The fraction of sp³-hybridized carbons (Fsp3) is 0.333. The third-order valence-electron chi connectivity index (χ3n) is 0.105. The third-order valence-corrected chi connectivity index (χ3v) is 0.316. The molecule has 1 atom stereocenters. The molecule has 0 heterocycles. The summed E-state index contributed by atoms with van der Waals surface area (Å²) in [7, 11) is 0. The maximum atomic E-state index is 6.57. The summed E-state index contributed by atoms with van der Waals surface area (Å²) in [5, 5.41) is 0. The van der Waals surface area contributed by atoms with Crippen molar-refractivity contribution in [2.45, 2.75) is 0 Å². The van der Waals surface area contributed by atoms with Crippen molar-refractivity contribution in [3.63, 3.8) is 0 Å². The van der Waals surface area contributed by atoms with Gasteiger partial charge in [0.05, 0.1) is 0 Å². The van der Waals surface area contributed by atoms with Gasteiger partial charge < -0.3 is 0 Å². The summed E-state index contributed by atoms with van der Waals surface area (Å²) in [4.78, 5) is 0. The van der Waals surface area contributed by atoms with Crippen molar-refractivity contribution in [3.8, 4) is 0 Å². The van der Waals surface area contributed by atoms with Crippen LogP contribution < -0.4 is 0 Å². The number of thiol groups is 1. The zero-order valence-electron chi connectivity index (χ0n) is 3.31. The second-order valence-electron chi connectivity index (χ2n) is 0.385. The van der Waals surface area contributed by atoms with Gasteiger partial charge in [0.1, 0.15) is 0 Å². The van der Waals surface area contributed by atoms with E-state index in [-0.39, 0.29) is 0 Å². The zero-order valence-corrected chi connectivity index (χ0v) is 3.20. The lowest BCUT2D eigenvalue weighted by Gasteiger charge is -1.57. The third kappa shape index (κ3) is 2.09. The smallest absolute Gasteiger partial charge is 0.0421 e. The predicted octanol–water partition coefficient (Wildman–Crippen LogP) is 1.10. The Morgan fingerprint density at radius 1 is 2.50 bits per heavy atom. The molecule has 0 amide bonds. The molecule has 0 bridgehead atoms. The van der Waals surface area contributed by atoms with Crippen LogP contribution in [0.3, 0.4) is 0 Å². The zero-order chi connectivity index (χ0) is 4.28. The number of hydrogen-bond donors (Lipinski definition) is 1. The molecule has 0 rings (SSSR count). The van der Waals surface area contributed by atoms with E-state index in [4.69, 9.17) is 1.37 Å². The molecule has 0 aromatic rings. The monoisotopic (exact) mass is 75.0 g/mol. The van der Waals surface area contributed by atoms with Crippen molar-refractivity contribution in [1.29, 1.82) is 0 Å². The lowest BCUT2D eigenvalue weighted by Crippen LogP contribution is -1.45. The first-order valence-electron chi connectivity index (χ1n) is 1.58. The highest BCUT2D eigenvalue weighted by Gasteiger charge is 1.45. The van der Waals surface area contributed by atoms with E-state index < -0.39 is 5.73 Å². The Morgan fingerprint density at radius 2 is 2.75 bits per heavy atom. The molecule has 0 saturated carbocycles. The fourth-order valence-corrected chi connectivity index (χ4v) is 0. The molecule has 0 aromatic heterocycles. The van der Waals surface area contributed by atoms with Crippen LogP contribution in [0.1, 0.15) is 1.37 Å². The minimum Gasteiger partial charge on any atom is -0.175 e. The van der Waals surface area contributed by atoms with Gasteiger partial charge >= 0.3 is 0 Å². The van der Waals surface area contributed by atoms with Gasteiger partial charge in [0.15, 0.2) is 0 Å². The van der Waals surface area contributed by atoms with Crippen molar-refractivity contribution < 1.29 is 1.37 Å². The highest BCUT2D eigenvalue weighted by Crippen LogP contribution is 1.65. The lowest BCUT2D eigenvalue weighted by atomic mass is 10.8. The summed E-state index contributed by atoms with van der Waals surface area (Å²) >= 11 is 3.65. The summed E-state index contributed by atoms with van der Waals surface area (Å²) in [6.07, 6.45) is 1.45. The summed E-state index contributed by atoms with van der Waals surface area (Å²) in [5.74, 6) is 0. The molecule has 0 nitrogen and oxygen atoms in total. The van der Waals surface area contributed by atoms with Crippen LogP contribution in [0, 0.1) is 0 Å². The normalized spacial score (nSPS) is 17.8. The first-order chi connectivity index (χ1) is 2.27. The van der Waals surface area contributed by atoms with Gasteiger partial charge in [-0.1, -0.05) is 6.08 Å². The predicted molar refractivity (Wildman–Crippen MR) is 24.0 cm³/mol. The van der Waals surface area contributed by atoms with Gasteiger partial charge in [-0.05, 0) is 0 Å². The van der Waals surface area contributed by atoms with Crippen LogP contribution >= 0.6 is 12.6 Å². The molecule has 0 aromatic carbocycles. The van der Waals surface area contributed by atoms with E-state index in [2.05, 4.69) is 19.2 Å². The van der Waals surface area contributed by atoms with E-state index in [0.29, 0.717) is 0 Å². The maximum absolute atomic E-state index is 6.57. The van der Waals surface area contributed by atoms with E-state index in [0.717, 1.165) is 0 Å². The van der Waals surface area contributed by atoms with Gasteiger partial charge in [-0.15, -0.1) is 6.58 Å². The first-order valence-corrected chi connectivity index (χ1v) is 1.52. The highest BCUT2D eigenvalue weighted by atomic mass is 32.1. The molecular formula is C3H6S. The van der Waals surface area contributed by atoms with E-state index >= 15 is 0 Å². The van der Waals surface area contributed by atoms with Crippen molar-refractivity contribution in [2.75, 3.05) is 5.73 Å². The molecule has 0 fully saturated rings. The Balaban J connectivity index is 2.83. The SMILES string of the molecule is [2H]C(S)C=C. The Bertz CT molecular complexity index is 33.9. The second kappa shape index (κ2) is 3.09. The van der Waals surface area contributed by atoms with Crippen molar-refractivity contribution in [2.24, 2.45) is 0 Å². The summed E-state index contributed by atoms with van der Waals surface area (Å²) in [6, 6.07) is 0. The first kappa shape index (κ1) is 2.33. The van der Waals surface area contributed by atoms with Crippen LogP contribution in [-0.4, -0.2) is 5.73 Å². The van der Waals surface area contributed by atoms with Gasteiger partial charge in [-0.25, -0.2) is 0 Å². The Hall–Kier alpha value is 0.0900. The van der Waals surface area contributed by atoms with Gasteiger partial charge in [-0.2, -0.15) is 12.6 Å². The van der Waals surface area contributed by atoms with E-state index in [1.165, 1.54) is 6.08 Å². The molecule has 1 unspecified atom stereocenters. The molecular weight excluding hydrogens is 68.1 g/mol. The van der Waals surface area contributed by atoms with Gasteiger partial charge in [0.25, 0.3) is 0 Å². The number of rotatable bonds is 1. The highest BCUT2D eigenvalue weighted by molar-refractivity contribution is 7.80. The van der Waals surface area contributed by atoms with Gasteiger partial charge in [-0.3, -0.25) is 0 Å². The molecule has 0 saturated heterocycles.